The Labute approximate surface area is 99.9 Å². The molecule has 0 radical (unpaired) electrons. The number of allylic oxidation sites excluding steroid dienone is 1. The van der Waals surface area contributed by atoms with E-state index >= 15 is 0 Å². The summed E-state index contributed by atoms with van der Waals surface area (Å²) < 4.78 is 0. The van der Waals surface area contributed by atoms with Gasteiger partial charge in [0.05, 0.1) is 0 Å². The second-order valence-corrected chi connectivity index (χ2v) is 3.74. The monoisotopic (exact) mass is 226 g/mol. The number of rotatable bonds is 3. The lowest BCUT2D eigenvalue weighted by molar-refractivity contribution is -0.117. The van der Waals surface area contributed by atoms with Gasteiger partial charge in [-0.15, -0.1) is 0 Å². The van der Waals surface area contributed by atoms with E-state index in [1.807, 2.05) is 20.8 Å². The Hall–Kier alpha value is -0.830. The van der Waals surface area contributed by atoms with E-state index < -0.39 is 0 Å². The van der Waals surface area contributed by atoms with Crippen LogP contribution < -0.4 is 5.32 Å². The lowest BCUT2D eigenvalue weighted by Crippen LogP contribution is -2.47. The quantitative estimate of drug-likeness (QED) is 0.748. The summed E-state index contributed by atoms with van der Waals surface area (Å²) in [4.78, 5) is 13.7. The molecule has 3 heteroatoms. The fourth-order valence-electron chi connectivity index (χ4n) is 1.86. The van der Waals surface area contributed by atoms with Gasteiger partial charge in [0, 0.05) is 12.6 Å². The molecule has 94 valence electrons. The highest BCUT2D eigenvalue weighted by Gasteiger charge is 2.18. The second-order valence-electron chi connectivity index (χ2n) is 3.74. The fraction of sp³-hybridized carbons (Fsp3) is 0.769. The summed E-state index contributed by atoms with van der Waals surface area (Å²) in [5.41, 5.74) is 0. The normalized spacial score (nSPS) is 21.4. The molecule has 0 aromatic rings. The van der Waals surface area contributed by atoms with Crippen molar-refractivity contribution in [3.05, 3.63) is 12.2 Å². The van der Waals surface area contributed by atoms with Crippen LogP contribution in [0.15, 0.2) is 12.2 Å². The summed E-state index contributed by atoms with van der Waals surface area (Å²) in [6, 6.07) is 0.340. The van der Waals surface area contributed by atoms with Crippen molar-refractivity contribution in [3.8, 4) is 0 Å². The van der Waals surface area contributed by atoms with Gasteiger partial charge < -0.3 is 10.2 Å². The summed E-state index contributed by atoms with van der Waals surface area (Å²) in [6.07, 6.45) is 5.66. The summed E-state index contributed by atoms with van der Waals surface area (Å²) in [5, 5.41) is 3.02. The van der Waals surface area contributed by atoms with Crippen LogP contribution in [0.25, 0.3) is 0 Å². The third kappa shape index (κ3) is 5.91. The van der Waals surface area contributed by atoms with Crippen LogP contribution in [-0.4, -0.2) is 36.5 Å². The van der Waals surface area contributed by atoms with Gasteiger partial charge in [0.1, 0.15) is 0 Å². The van der Waals surface area contributed by atoms with Gasteiger partial charge in [0.15, 0.2) is 0 Å². The van der Waals surface area contributed by atoms with Gasteiger partial charge in [0.2, 0.25) is 5.91 Å². The van der Waals surface area contributed by atoms with Gasteiger partial charge in [-0.25, -0.2) is 0 Å². The van der Waals surface area contributed by atoms with Crippen molar-refractivity contribution in [1.29, 1.82) is 0 Å². The van der Waals surface area contributed by atoms with Crippen molar-refractivity contribution in [2.75, 3.05) is 19.6 Å². The highest BCUT2D eigenvalue weighted by molar-refractivity contribution is 5.87. The molecule has 1 N–H and O–H groups in total. The van der Waals surface area contributed by atoms with E-state index in [0.717, 1.165) is 19.5 Å². The second kappa shape index (κ2) is 9.40. The molecule has 16 heavy (non-hydrogen) atoms. The molecule has 0 saturated carbocycles. The van der Waals surface area contributed by atoms with Crippen LogP contribution in [0.2, 0.25) is 0 Å². The Morgan fingerprint density at radius 1 is 1.50 bits per heavy atom. The largest absolute Gasteiger partial charge is 0.349 e. The minimum Gasteiger partial charge on any atom is -0.349 e. The van der Waals surface area contributed by atoms with E-state index in [4.69, 9.17) is 0 Å². The molecule has 3 nitrogen and oxygen atoms in total. The molecule has 1 heterocycles. The van der Waals surface area contributed by atoms with E-state index in [9.17, 15) is 4.79 Å². The van der Waals surface area contributed by atoms with Crippen LogP contribution in [0.3, 0.4) is 0 Å². The minimum atomic E-state index is 0.0375. The summed E-state index contributed by atoms with van der Waals surface area (Å²) in [7, 11) is 0. The van der Waals surface area contributed by atoms with Gasteiger partial charge in [0.25, 0.3) is 0 Å². The smallest absolute Gasteiger partial charge is 0.243 e. The maximum absolute atomic E-state index is 11.3. The van der Waals surface area contributed by atoms with Crippen LogP contribution >= 0.6 is 0 Å². The Morgan fingerprint density at radius 2 is 2.19 bits per heavy atom. The molecule has 1 rings (SSSR count). The number of hydrogen-bond donors (Lipinski definition) is 1. The molecule has 1 aliphatic heterocycles. The lowest BCUT2D eigenvalue weighted by atomic mass is 10.1. The van der Waals surface area contributed by atoms with Gasteiger partial charge >= 0.3 is 0 Å². The first-order valence-corrected chi connectivity index (χ1v) is 6.41. The molecule has 0 spiro atoms. The third-order valence-corrected chi connectivity index (χ3v) is 2.62. The molecule has 1 fully saturated rings. The minimum absolute atomic E-state index is 0.0375. The topological polar surface area (TPSA) is 32.3 Å². The van der Waals surface area contributed by atoms with Crippen LogP contribution in [0.1, 0.15) is 40.5 Å². The van der Waals surface area contributed by atoms with Gasteiger partial charge in [-0.1, -0.05) is 26.8 Å². The molecule has 1 aliphatic rings. The van der Waals surface area contributed by atoms with E-state index in [1.54, 1.807) is 12.2 Å². The molecule has 0 aromatic heterocycles. The number of nitrogens with one attached hydrogen (secondary N) is 1. The molecule has 1 amide bonds. The van der Waals surface area contributed by atoms with Crippen LogP contribution in [0.4, 0.5) is 0 Å². The SMILES string of the molecule is C/C=C/C(=O)NC1CCCN(CC)C1.CC. The number of hydrogen-bond acceptors (Lipinski definition) is 2. The number of likely N-dealkylation sites (N-methyl/N-ethyl adjacent to an activating group) is 1. The summed E-state index contributed by atoms with van der Waals surface area (Å²) in [5.74, 6) is 0.0375. The summed E-state index contributed by atoms with van der Waals surface area (Å²) >= 11 is 0. The average Bonchev–Trinajstić information content (AvgIpc) is 2.32. The van der Waals surface area contributed by atoms with Crippen molar-refractivity contribution in [2.24, 2.45) is 0 Å². The van der Waals surface area contributed by atoms with E-state index in [2.05, 4.69) is 17.1 Å². The maximum Gasteiger partial charge on any atom is 0.243 e. The molecular formula is C13H26N2O. The predicted octanol–water partition coefficient (Wildman–Crippen LogP) is 2.19. The fourth-order valence-corrected chi connectivity index (χ4v) is 1.86. The third-order valence-electron chi connectivity index (χ3n) is 2.62. The molecule has 1 unspecified atom stereocenters. The first kappa shape index (κ1) is 15.2. The predicted molar refractivity (Wildman–Crippen MR) is 69.4 cm³/mol. The van der Waals surface area contributed by atoms with Gasteiger partial charge in [-0.3, -0.25) is 4.79 Å². The molecule has 1 atom stereocenters. The highest BCUT2D eigenvalue weighted by atomic mass is 16.1. The molecule has 0 bridgehead atoms. The Kier molecular flexibility index (Phi) is 8.91. The lowest BCUT2D eigenvalue weighted by Gasteiger charge is -2.31. The zero-order chi connectivity index (χ0) is 12.4. The van der Waals surface area contributed by atoms with Gasteiger partial charge in [-0.2, -0.15) is 0 Å². The number of piperidine rings is 1. The van der Waals surface area contributed by atoms with Crippen molar-refractivity contribution in [1.82, 2.24) is 10.2 Å². The standard InChI is InChI=1S/C11H20N2O.C2H6/c1-3-6-11(14)12-10-7-5-8-13(4-2)9-10;1-2/h3,6,10H,4-5,7-9H2,1-2H3,(H,12,14);1-2H3/b6-3+;. The zero-order valence-electron chi connectivity index (χ0n) is 11.1. The number of nitrogens with zero attached hydrogens (tertiary/aromatic N) is 1. The van der Waals surface area contributed by atoms with Crippen LogP contribution in [0.5, 0.6) is 0 Å². The first-order valence-electron chi connectivity index (χ1n) is 6.41. The van der Waals surface area contributed by atoms with Crippen molar-refractivity contribution >= 4 is 5.91 Å². The Balaban J connectivity index is 0.00000106. The molecule has 1 saturated heterocycles. The maximum atomic E-state index is 11.3. The van der Waals surface area contributed by atoms with Gasteiger partial charge in [-0.05, 0) is 38.9 Å². The number of amides is 1. The van der Waals surface area contributed by atoms with Crippen LogP contribution in [0, 0.1) is 0 Å². The van der Waals surface area contributed by atoms with Crippen LogP contribution in [-0.2, 0) is 4.79 Å². The molecule has 0 aromatic carbocycles. The molecule has 0 aliphatic carbocycles. The number of likely N-dealkylation sites (tertiary alicyclic amines) is 1. The summed E-state index contributed by atoms with van der Waals surface area (Å²) in [6.45, 7) is 11.3. The highest BCUT2D eigenvalue weighted by Crippen LogP contribution is 2.09. The Bertz CT molecular complexity index is 214. The number of carbonyl (C=O) groups is 1. The van der Waals surface area contributed by atoms with E-state index in [1.165, 1.54) is 13.0 Å². The first-order chi connectivity index (χ1) is 7.76. The zero-order valence-corrected chi connectivity index (χ0v) is 11.1. The van der Waals surface area contributed by atoms with Crippen molar-refractivity contribution in [3.63, 3.8) is 0 Å². The molecular weight excluding hydrogens is 200 g/mol. The van der Waals surface area contributed by atoms with E-state index in [-0.39, 0.29) is 5.91 Å². The van der Waals surface area contributed by atoms with E-state index in [0.29, 0.717) is 6.04 Å². The number of carbonyl (C=O) groups excluding carboxylic acids is 1. The van der Waals surface area contributed by atoms with Crippen molar-refractivity contribution < 1.29 is 4.79 Å². The van der Waals surface area contributed by atoms with Crippen molar-refractivity contribution in [2.45, 2.75) is 46.6 Å². The average molecular weight is 226 g/mol. The Morgan fingerprint density at radius 3 is 2.75 bits per heavy atom.